The molecule has 3 heteroatoms. The Morgan fingerprint density at radius 3 is 2.57 bits per heavy atom. The van der Waals surface area contributed by atoms with Crippen molar-refractivity contribution in [3.8, 4) is 0 Å². The van der Waals surface area contributed by atoms with Crippen LogP contribution in [-0.4, -0.2) is 16.8 Å². The molecule has 2 nitrogen and oxygen atoms in total. The van der Waals surface area contributed by atoms with Crippen LogP contribution in [0.25, 0.3) is 0 Å². The van der Waals surface area contributed by atoms with Gasteiger partial charge in [0.2, 0.25) is 0 Å². The molecule has 1 atom stereocenters. The van der Waals surface area contributed by atoms with Gasteiger partial charge in [-0.1, -0.05) is 6.08 Å². The maximum Gasteiger partial charge on any atom is 0.0898 e. The second-order valence-electron chi connectivity index (χ2n) is 0.945. The summed E-state index contributed by atoms with van der Waals surface area (Å²) in [6.07, 6.45) is 2.63. The Balaban J connectivity index is 3.35. The summed E-state index contributed by atoms with van der Waals surface area (Å²) in [5, 5.41) is 10.1. The zero-order valence-corrected chi connectivity index (χ0v) is 4.47. The molecule has 0 saturated carbocycles. The Bertz CT molecular complexity index is 81.8. The van der Waals surface area contributed by atoms with Gasteiger partial charge in [-0.15, -0.1) is 23.3 Å². The first-order valence-corrected chi connectivity index (χ1v) is 2.19. The van der Waals surface area contributed by atoms with Crippen molar-refractivity contribution in [1.82, 2.24) is 0 Å². The third kappa shape index (κ3) is 3.33. The highest BCUT2D eigenvalue weighted by Crippen LogP contribution is 1.89. The highest BCUT2D eigenvalue weighted by Gasteiger charge is 1.87. The Hall–Kier alpha value is -0.500. The molecule has 0 aliphatic heterocycles. The van der Waals surface area contributed by atoms with Gasteiger partial charge in [-0.2, -0.15) is 0 Å². The van der Waals surface area contributed by atoms with Crippen LogP contribution in [0.2, 0.25) is 0 Å². The van der Waals surface area contributed by atoms with E-state index in [0.29, 0.717) is 0 Å². The fraction of sp³-hybridized carbons (Fsp3) is 0.250. The SMILES string of the molecule is C=CC(Cl)/C=N/O. The van der Waals surface area contributed by atoms with Crippen LogP contribution >= 0.6 is 11.6 Å². The number of rotatable bonds is 2. The van der Waals surface area contributed by atoms with Gasteiger partial charge in [-0.3, -0.25) is 0 Å². The first-order valence-electron chi connectivity index (χ1n) is 1.75. The van der Waals surface area contributed by atoms with Gasteiger partial charge in [0, 0.05) is 0 Å². The molecule has 0 aromatic carbocycles. The van der Waals surface area contributed by atoms with Crippen LogP contribution in [0.5, 0.6) is 0 Å². The fourth-order valence-electron chi connectivity index (χ4n) is 0.125. The van der Waals surface area contributed by atoms with E-state index in [4.69, 9.17) is 16.8 Å². The minimum atomic E-state index is -0.356. The summed E-state index contributed by atoms with van der Waals surface area (Å²) in [5.41, 5.74) is 0. The number of alkyl halides is 1. The van der Waals surface area contributed by atoms with Crippen LogP contribution in [0, 0.1) is 0 Å². The zero-order valence-electron chi connectivity index (χ0n) is 3.71. The predicted molar refractivity (Wildman–Crippen MR) is 30.1 cm³/mol. The highest BCUT2D eigenvalue weighted by atomic mass is 35.5. The second-order valence-corrected chi connectivity index (χ2v) is 1.45. The summed E-state index contributed by atoms with van der Waals surface area (Å²) in [6.45, 7) is 3.34. The third-order valence-corrected chi connectivity index (χ3v) is 0.725. The summed E-state index contributed by atoms with van der Waals surface area (Å²) in [7, 11) is 0. The Morgan fingerprint density at radius 1 is 1.86 bits per heavy atom. The number of hydrogen-bond acceptors (Lipinski definition) is 2. The van der Waals surface area contributed by atoms with E-state index < -0.39 is 0 Å². The smallest absolute Gasteiger partial charge is 0.0898 e. The standard InChI is InChI=1S/C4H6ClNO/c1-2-4(5)3-6-7/h2-4,7H,1H2/b6-3+. The summed E-state index contributed by atoms with van der Waals surface area (Å²) < 4.78 is 0. The molecule has 0 radical (unpaired) electrons. The lowest BCUT2D eigenvalue weighted by atomic mass is 10.5. The molecule has 0 rings (SSSR count). The molecule has 0 bridgehead atoms. The molecule has 0 spiro atoms. The average Bonchev–Trinajstić information content (AvgIpc) is 1.68. The maximum absolute atomic E-state index is 7.80. The van der Waals surface area contributed by atoms with E-state index in [1.54, 1.807) is 0 Å². The van der Waals surface area contributed by atoms with E-state index in [9.17, 15) is 0 Å². The molecule has 1 N–H and O–H groups in total. The topological polar surface area (TPSA) is 32.6 Å². The lowest BCUT2D eigenvalue weighted by Crippen LogP contribution is -1.91. The van der Waals surface area contributed by atoms with Gasteiger partial charge in [0.1, 0.15) is 0 Å². The predicted octanol–water partition coefficient (Wildman–Crippen LogP) is 1.24. The van der Waals surface area contributed by atoms with E-state index in [1.165, 1.54) is 12.3 Å². The van der Waals surface area contributed by atoms with Crippen molar-refractivity contribution in [3.05, 3.63) is 12.7 Å². The van der Waals surface area contributed by atoms with Gasteiger partial charge in [0.15, 0.2) is 0 Å². The van der Waals surface area contributed by atoms with Gasteiger partial charge in [0.05, 0.1) is 11.6 Å². The Labute approximate surface area is 47.1 Å². The van der Waals surface area contributed by atoms with E-state index >= 15 is 0 Å². The van der Waals surface area contributed by atoms with E-state index in [-0.39, 0.29) is 5.38 Å². The molecule has 0 heterocycles. The first kappa shape index (κ1) is 6.50. The van der Waals surface area contributed by atoms with Crippen molar-refractivity contribution in [2.24, 2.45) is 5.16 Å². The lowest BCUT2D eigenvalue weighted by Gasteiger charge is -1.85. The molecular weight excluding hydrogens is 114 g/mol. The van der Waals surface area contributed by atoms with Crippen molar-refractivity contribution >= 4 is 17.8 Å². The van der Waals surface area contributed by atoms with Gasteiger partial charge in [0.25, 0.3) is 0 Å². The van der Waals surface area contributed by atoms with Crippen LogP contribution in [0.15, 0.2) is 17.8 Å². The van der Waals surface area contributed by atoms with Crippen molar-refractivity contribution < 1.29 is 5.21 Å². The highest BCUT2D eigenvalue weighted by molar-refractivity contribution is 6.29. The minimum absolute atomic E-state index is 0.356. The van der Waals surface area contributed by atoms with Crippen LogP contribution < -0.4 is 0 Å². The van der Waals surface area contributed by atoms with Crippen molar-refractivity contribution in [2.75, 3.05) is 0 Å². The molecule has 0 aliphatic carbocycles. The van der Waals surface area contributed by atoms with Crippen LogP contribution in [0.1, 0.15) is 0 Å². The van der Waals surface area contributed by atoms with Crippen molar-refractivity contribution in [1.29, 1.82) is 0 Å². The molecule has 0 saturated heterocycles. The van der Waals surface area contributed by atoms with E-state index in [0.717, 1.165) is 0 Å². The molecule has 0 aliphatic rings. The average molecular weight is 120 g/mol. The summed E-state index contributed by atoms with van der Waals surface area (Å²) >= 11 is 5.34. The largest absolute Gasteiger partial charge is 0.411 e. The number of hydrogen-bond donors (Lipinski definition) is 1. The Morgan fingerprint density at radius 2 is 2.43 bits per heavy atom. The van der Waals surface area contributed by atoms with E-state index in [2.05, 4.69) is 11.7 Å². The molecule has 0 aromatic rings. The first-order chi connectivity index (χ1) is 3.31. The number of nitrogens with zero attached hydrogens (tertiary/aromatic N) is 1. The summed E-state index contributed by atoms with van der Waals surface area (Å²) in [4.78, 5) is 0. The van der Waals surface area contributed by atoms with E-state index in [1.807, 2.05) is 0 Å². The fourth-order valence-corrected chi connectivity index (χ4v) is 0.175. The van der Waals surface area contributed by atoms with Gasteiger partial charge < -0.3 is 5.21 Å². The molecule has 0 fully saturated rings. The Kier molecular flexibility index (Phi) is 3.42. The second kappa shape index (κ2) is 3.68. The number of allylic oxidation sites excluding steroid dienone is 1. The molecule has 7 heavy (non-hydrogen) atoms. The molecule has 1 unspecified atom stereocenters. The van der Waals surface area contributed by atoms with Gasteiger partial charge in [-0.25, -0.2) is 0 Å². The molecule has 40 valence electrons. The van der Waals surface area contributed by atoms with Gasteiger partial charge >= 0.3 is 0 Å². The normalized spacial score (nSPS) is 14.4. The zero-order chi connectivity index (χ0) is 5.70. The monoisotopic (exact) mass is 119 g/mol. The molecule has 0 amide bonds. The summed E-state index contributed by atoms with van der Waals surface area (Å²) in [6, 6.07) is 0. The van der Waals surface area contributed by atoms with Crippen molar-refractivity contribution in [3.63, 3.8) is 0 Å². The van der Waals surface area contributed by atoms with Crippen LogP contribution in [0.4, 0.5) is 0 Å². The number of halogens is 1. The minimum Gasteiger partial charge on any atom is -0.411 e. The molecular formula is C4H6ClNO. The van der Waals surface area contributed by atoms with Gasteiger partial charge in [-0.05, 0) is 0 Å². The molecule has 0 aromatic heterocycles. The lowest BCUT2D eigenvalue weighted by molar-refractivity contribution is 0.321. The summed E-state index contributed by atoms with van der Waals surface area (Å²) in [5.74, 6) is 0. The quantitative estimate of drug-likeness (QED) is 0.192. The third-order valence-electron chi connectivity index (χ3n) is 0.434. The number of oxime groups is 1. The van der Waals surface area contributed by atoms with Crippen LogP contribution in [-0.2, 0) is 0 Å². The van der Waals surface area contributed by atoms with Crippen LogP contribution in [0.3, 0.4) is 0 Å². The van der Waals surface area contributed by atoms with Crippen molar-refractivity contribution in [2.45, 2.75) is 5.38 Å². The maximum atomic E-state index is 7.80.